The van der Waals surface area contributed by atoms with Gasteiger partial charge in [0.15, 0.2) is 15.0 Å². The average Bonchev–Trinajstić information content (AvgIpc) is 3.27. The van der Waals surface area contributed by atoms with Crippen molar-refractivity contribution in [3.05, 3.63) is 54.1 Å². The van der Waals surface area contributed by atoms with Crippen LogP contribution in [-0.4, -0.2) is 37.4 Å². The molecule has 0 spiro atoms. The normalized spacial score (nSPS) is 16.8. The molecule has 2 aromatic carbocycles. The number of thiazole rings is 1. The van der Waals surface area contributed by atoms with Crippen molar-refractivity contribution in [1.82, 2.24) is 4.98 Å². The number of sulfone groups is 1. The lowest BCUT2D eigenvalue weighted by atomic mass is 10.1. The number of oxime groups is 1. The van der Waals surface area contributed by atoms with E-state index in [1.54, 1.807) is 12.1 Å². The van der Waals surface area contributed by atoms with Gasteiger partial charge in [-0.2, -0.15) is 0 Å². The third-order valence-electron chi connectivity index (χ3n) is 4.09. The molecule has 3 aromatic rings. The number of fused-ring (bicyclic) bond motifs is 1. The van der Waals surface area contributed by atoms with Crippen LogP contribution in [0.15, 0.2) is 58.6 Å². The second-order valence-electron chi connectivity index (χ2n) is 6.11. The molecule has 1 atom stereocenters. The molecule has 0 saturated heterocycles. The zero-order valence-corrected chi connectivity index (χ0v) is 15.9. The summed E-state index contributed by atoms with van der Waals surface area (Å²) in [7, 11) is -3.30. The lowest BCUT2D eigenvalue weighted by Crippen LogP contribution is -2.27. The number of anilines is 1. The first kappa shape index (κ1) is 17.6. The number of amides is 1. The maximum Gasteiger partial charge on any atom is 0.270 e. The summed E-state index contributed by atoms with van der Waals surface area (Å²) in [4.78, 5) is 22.3. The van der Waals surface area contributed by atoms with E-state index in [0.717, 1.165) is 17.5 Å². The summed E-state index contributed by atoms with van der Waals surface area (Å²) in [5, 5.41) is 7.11. The van der Waals surface area contributed by atoms with E-state index in [1.165, 1.54) is 17.4 Å². The standard InChI is InChI=1S/C18H15N3O4S2/c1-27(23,24)12-7-8-13-16(9-12)26-18(19-13)20-17(22)15-10-14(21-25-15)11-5-3-2-4-6-11/h2-9,15H,10H2,1H3,(H,19,20,22). The minimum absolute atomic E-state index is 0.219. The largest absolute Gasteiger partial charge is 0.382 e. The van der Waals surface area contributed by atoms with Gasteiger partial charge in [0.2, 0.25) is 6.10 Å². The van der Waals surface area contributed by atoms with Gasteiger partial charge in [0.25, 0.3) is 5.91 Å². The first-order valence-electron chi connectivity index (χ1n) is 8.10. The Morgan fingerprint density at radius 1 is 1.22 bits per heavy atom. The first-order chi connectivity index (χ1) is 12.9. The van der Waals surface area contributed by atoms with Gasteiger partial charge in [-0.3, -0.25) is 10.1 Å². The molecule has 0 radical (unpaired) electrons. The number of hydrogen-bond donors (Lipinski definition) is 1. The summed E-state index contributed by atoms with van der Waals surface area (Å²) in [5.41, 5.74) is 2.26. The van der Waals surface area contributed by atoms with E-state index >= 15 is 0 Å². The van der Waals surface area contributed by atoms with Crippen molar-refractivity contribution in [1.29, 1.82) is 0 Å². The Hall–Kier alpha value is -2.78. The zero-order valence-electron chi connectivity index (χ0n) is 14.2. The molecule has 0 saturated carbocycles. The molecule has 1 aliphatic rings. The summed E-state index contributed by atoms with van der Waals surface area (Å²) < 4.78 is 24.0. The van der Waals surface area contributed by atoms with Crippen LogP contribution in [-0.2, 0) is 19.5 Å². The maximum absolute atomic E-state index is 12.5. The smallest absolute Gasteiger partial charge is 0.270 e. The fraction of sp³-hybridized carbons (Fsp3) is 0.167. The lowest BCUT2D eigenvalue weighted by molar-refractivity contribution is -0.125. The highest BCUT2D eigenvalue weighted by Gasteiger charge is 2.29. The Morgan fingerprint density at radius 2 is 2.00 bits per heavy atom. The number of carbonyl (C=O) groups excluding carboxylic acids is 1. The summed E-state index contributed by atoms with van der Waals surface area (Å²) >= 11 is 1.21. The van der Waals surface area contributed by atoms with Crippen LogP contribution in [0.3, 0.4) is 0 Å². The van der Waals surface area contributed by atoms with Gasteiger partial charge in [-0.15, -0.1) is 0 Å². The number of rotatable bonds is 4. The van der Waals surface area contributed by atoms with Crippen LogP contribution in [0.25, 0.3) is 10.2 Å². The predicted octanol–water partition coefficient (Wildman–Crippen LogP) is 2.83. The van der Waals surface area contributed by atoms with Crippen LogP contribution in [0, 0.1) is 0 Å². The van der Waals surface area contributed by atoms with E-state index in [4.69, 9.17) is 4.84 Å². The molecular weight excluding hydrogens is 386 g/mol. The molecule has 27 heavy (non-hydrogen) atoms. The molecule has 1 N–H and O–H groups in total. The first-order valence-corrected chi connectivity index (χ1v) is 10.8. The number of aromatic nitrogens is 1. The molecule has 138 valence electrons. The number of hydrogen-bond acceptors (Lipinski definition) is 7. The quantitative estimate of drug-likeness (QED) is 0.725. The highest BCUT2D eigenvalue weighted by Crippen LogP contribution is 2.29. The maximum atomic E-state index is 12.5. The van der Waals surface area contributed by atoms with Crippen molar-refractivity contribution in [2.24, 2.45) is 5.16 Å². The minimum Gasteiger partial charge on any atom is -0.382 e. The second-order valence-corrected chi connectivity index (χ2v) is 9.16. The molecule has 1 aromatic heterocycles. The number of nitrogens with one attached hydrogen (secondary N) is 1. The van der Waals surface area contributed by atoms with E-state index in [0.29, 0.717) is 21.8 Å². The molecule has 9 heteroatoms. The molecule has 0 aliphatic carbocycles. The van der Waals surface area contributed by atoms with Crippen molar-refractivity contribution in [2.45, 2.75) is 17.4 Å². The average molecular weight is 401 g/mol. The topological polar surface area (TPSA) is 97.7 Å². The van der Waals surface area contributed by atoms with Gasteiger partial charge in [0, 0.05) is 12.7 Å². The fourth-order valence-corrected chi connectivity index (χ4v) is 4.32. The van der Waals surface area contributed by atoms with Crippen molar-refractivity contribution in [3.8, 4) is 0 Å². The monoisotopic (exact) mass is 401 g/mol. The van der Waals surface area contributed by atoms with Crippen molar-refractivity contribution in [3.63, 3.8) is 0 Å². The Kier molecular flexibility index (Phi) is 4.40. The Labute approximate surface area is 159 Å². The Bertz CT molecular complexity index is 1150. The van der Waals surface area contributed by atoms with Crippen LogP contribution < -0.4 is 5.32 Å². The minimum atomic E-state index is -3.30. The molecule has 0 fully saturated rings. The summed E-state index contributed by atoms with van der Waals surface area (Å²) in [6, 6.07) is 14.2. The van der Waals surface area contributed by atoms with Crippen molar-refractivity contribution in [2.75, 3.05) is 11.6 Å². The summed E-state index contributed by atoms with van der Waals surface area (Å²) in [6.45, 7) is 0. The third-order valence-corrected chi connectivity index (χ3v) is 6.13. The number of carbonyl (C=O) groups is 1. The van der Waals surface area contributed by atoms with Crippen LogP contribution in [0.4, 0.5) is 5.13 Å². The molecule has 1 aliphatic heterocycles. The van der Waals surface area contributed by atoms with E-state index < -0.39 is 15.9 Å². The van der Waals surface area contributed by atoms with E-state index in [1.807, 2.05) is 30.3 Å². The van der Waals surface area contributed by atoms with E-state index in [2.05, 4.69) is 15.5 Å². The lowest BCUT2D eigenvalue weighted by Gasteiger charge is -2.06. The third kappa shape index (κ3) is 3.69. The molecule has 1 amide bonds. The van der Waals surface area contributed by atoms with Gasteiger partial charge in [-0.25, -0.2) is 13.4 Å². The second kappa shape index (κ2) is 6.75. The molecule has 1 unspecified atom stereocenters. The molecule has 4 rings (SSSR count). The molecular formula is C18H15N3O4S2. The number of benzene rings is 2. The van der Waals surface area contributed by atoms with Gasteiger partial charge in [-0.1, -0.05) is 46.8 Å². The SMILES string of the molecule is CS(=O)(=O)c1ccc2nc(NC(=O)C3CC(c4ccccc4)=NO3)sc2c1. The van der Waals surface area contributed by atoms with Gasteiger partial charge >= 0.3 is 0 Å². The van der Waals surface area contributed by atoms with Gasteiger partial charge in [0.1, 0.15) is 0 Å². The van der Waals surface area contributed by atoms with E-state index in [9.17, 15) is 13.2 Å². The summed E-state index contributed by atoms with van der Waals surface area (Å²) in [5.74, 6) is -0.341. The zero-order chi connectivity index (χ0) is 19.0. The van der Waals surface area contributed by atoms with Crippen LogP contribution in [0.2, 0.25) is 0 Å². The molecule has 7 nitrogen and oxygen atoms in total. The highest BCUT2D eigenvalue weighted by molar-refractivity contribution is 7.90. The van der Waals surface area contributed by atoms with Gasteiger partial charge in [-0.05, 0) is 23.8 Å². The van der Waals surface area contributed by atoms with E-state index in [-0.39, 0.29) is 10.8 Å². The fourth-order valence-electron chi connectivity index (χ4n) is 2.69. The van der Waals surface area contributed by atoms with Gasteiger partial charge < -0.3 is 4.84 Å². The Morgan fingerprint density at radius 3 is 2.74 bits per heavy atom. The van der Waals surface area contributed by atoms with Crippen molar-refractivity contribution >= 4 is 48.1 Å². The van der Waals surface area contributed by atoms with Crippen LogP contribution in [0.1, 0.15) is 12.0 Å². The van der Waals surface area contributed by atoms with Crippen molar-refractivity contribution < 1.29 is 18.0 Å². The predicted molar refractivity (Wildman–Crippen MR) is 104 cm³/mol. The Balaban J connectivity index is 1.47. The van der Waals surface area contributed by atoms with Gasteiger partial charge in [0.05, 0.1) is 20.8 Å². The molecule has 2 heterocycles. The van der Waals surface area contributed by atoms with Crippen LogP contribution in [0.5, 0.6) is 0 Å². The van der Waals surface area contributed by atoms with Crippen LogP contribution >= 0.6 is 11.3 Å². The molecule has 0 bridgehead atoms. The number of nitrogens with zero attached hydrogens (tertiary/aromatic N) is 2. The highest BCUT2D eigenvalue weighted by atomic mass is 32.2. The summed E-state index contributed by atoms with van der Waals surface area (Å²) in [6.07, 6.45) is 0.803.